The van der Waals surface area contributed by atoms with Crippen LogP contribution in [0.5, 0.6) is 0 Å². The van der Waals surface area contributed by atoms with Gasteiger partial charge in [0.1, 0.15) is 17.3 Å². The standard InChI is InChI=1S/C13H18ClF2NS/c1-9(4-5-18-3)17(2)13-11(15)6-10(8-14)7-12(13)16/h6-7,9H,4-5,8H2,1-3H3. The summed E-state index contributed by atoms with van der Waals surface area (Å²) in [4.78, 5) is 1.65. The van der Waals surface area contributed by atoms with Crippen LogP contribution in [0.4, 0.5) is 14.5 Å². The van der Waals surface area contributed by atoms with E-state index in [9.17, 15) is 8.78 Å². The third-order valence-electron chi connectivity index (χ3n) is 2.98. The van der Waals surface area contributed by atoms with E-state index in [1.165, 1.54) is 12.1 Å². The van der Waals surface area contributed by atoms with Crippen molar-refractivity contribution >= 4 is 29.1 Å². The summed E-state index contributed by atoms with van der Waals surface area (Å²) in [6, 6.07) is 2.68. The minimum Gasteiger partial charge on any atom is -0.367 e. The number of hydrogen-bond acceptors (Lipinski definition) is 2. The van der Waals surface area contributed by atoms with Crippen LogP contribution in [0, 0.1) is 11.6 Å². The van der Waals surface area contributed by atoms with Gasteiger partial charge < -0.3 is 4.90 Å². The summed E-state index contributed by atoms with van der Waals surface area (Å²) >= 11 is 7.31. The molecule has 0 aliphatic rings. The first-order valence-corrected chi connectivity index (χ1v) is 7.69. The molecule has 0 saturated carbocycles. The second-order valence-corrected chi connectivity index (χ2v) is 5.54. The molecule has 0 fully saturated rings. The molecular formula is C13H18ClF2NS. The van der Waals surface area contributed by atoms with Crippen molar-refractivity contribution in [3.05, 3.63) is 29.3 Å². The smallest absolute Gasteiger partial charge is 0.149 e. The zero-order valence-corrected chi connectivity index (χ0v) is 12.4. The van der Waals surface area contributed by atoms with E-state index >= 15 is 0 Å². The summed E-state index contributed by atoms with van der Waals surface area (Å²) in [7, 11) is 1.72. The number of nitrogens with zero attached hydrogens (tertiary/aromatic N) is 1. The molecule has 0 bridgehead atoms. The molecule has 0 N–H and O–H groups in total. The first-order valence-electron chi connectivity index (χ1n) is 5.77. The van der Waals surface area contributed by atoms with Crippen LogP contribution in [0.25, 0.3) is 0 Å². The van der Waals surface area contributed by atoms with Gasteiger partial charge in [-0.2, -0.15) is 11.8 Å². The second kappa shape index (κ2) is 7.19. The lowest BCUT2D eigenvalue weighted by atomic mass is 10.1. The number of halogens is 3. The van der Waals surface area contributed by atoms with Gasteiger partial charge in [-0.15, -0.1) is 11.6 Å². The number of thioether (sulfide) groups is 1. The van der Waals surface area contributed by atoms with Gasteiger partial charge in [-0.05, 0) is 43.0 Å². The molecule has 5 heteroatoms. The Morgan fingerprint density at radius 1 is 1.33 bits per heavy atom. The largest absolute Gasteiger partial charge is 0.367 e. The number of alkyl halides is 1. The Bertz CT molecular complexity index is 378. The van der Waals surface area contributed by atoms with Crippen molar-refractivity contribution in [1.29, 1.82) is 0 Å². The molecule has 18 heavy (non-hydrogen) atoms. The SMILES string of the molecule is CSCCC(C)N(C)c1c(F)cc(CCl)cc1F. The highest BCUT2D eigenvalue weighted by atomic mass is 35.5. The highest BCUT2D eigenvalue weighted by molar-refractivity contribution is 7.98. The summed E-state index contributed by atoms with van der Waals surface area (Å²) in [6.07, 6.45) is 2.90. The molecule has 1 aromatic carbocycles. The summed E-state index contributed by atoms with van der Waals surface area (Å²) in [5, 5.41) is 0. The molecule has 1 atom stereocenters. The maximum absolute atomic E-state index is 13.9. The fourth-order valence-corrected chi connectivity index (χ4v) is 2.47. The van der Waals surface area contributed by atoms with Gasteiger partial charge in [0, 0.05) is 19.0 Å². The maximum Gasteiger partial charge on any atom is 0.149 e. The van der Waals surface area contributed by atoms with Gasteiger partial charge in [-0.3, -0.25) is 0 Å². The second-order valence-electron chi connectivity index (χ2n) is 4.28. The Morgan fingerprint density at radius 2 is 1.89 bits per heavy atom. The number of hydrogen-bond donors (Lipinski definition) is 0. The van der Waals surface area contributed by atoms with Gasteiger partial charge in [0.05, 0.1) is 0 Å². The van der Waals surface area contributed by atoms with Gasteiger partial charge in [-0.1, -0.05) is 0 Å². The summed E-state index contributed by atoms with van der Waals surface area (Å²) in [6.45, 7) is 1.96. The molecule has 1 aromatic rings. The molecule has 1 unspecified atom stereocenters. The Kier molecular flexibility index (Phi) is 6.22. The van der Waals surface area contributed by atoms with Crippen LogP contribution in [-0.2, 0) is 5.88 Å². The fraction of sp³-hybridized carbons (Fsp3) is 0.538. The van der Waals surface area contributed by atoms with Crippen molar-refractivity contribution < 1.29 is 8.78 Å². The first kappa shape index (κ1) is 15.6. The third-order valence-corrected chi connectivity index (χ3v) is 3.94. The van der Waals surface area contributed by atoms with Crippen molar-refractivity contribution in [3.63, 3.8) is 0 Å². The van der Waals surface area contributed by atoms with Crippen molar-refractivity contribution in [2.75, 3.05) is 24.0 Å². The monoisotopic (exact) mass is 293 g/mol. The molecule has 0 aliphatic carbocycles. The summed E-state index contributed by atoms with van der Waals surface area (Å²) in [5.41, 5.74) is 0.484. The number of anilines is 1. The lowest BCUT2D eigenvalue weighted by Gasteiger charge is -2.27. The quantitative estimate of drug-likeness (QED) is 0.720. The highest BCUT2D eigenvalue weighted by Crippen LogP contribution is 2.27. The Hall–Kier alpha value is -0.480. The zero-order chi connectivity index (χ0) is 13.7. The molecule has 0 aromatic heterocycles. The maximum atomic E-state index is 13.9. The molecule has 0 spiro atoms. The van der Waals surface area contributed by atoms with Crippen LogP contribution in [0.15, 0.2) is 12.1 Å². The fourth-order valence-electron chi connectivity index (χ4n) is 1.73. The van der Waals surface area contributed by atoms with Gasteiger partial charge in [0.25, 0.3) is 0 Å². The molecule has 1 rings (SSSR count). The Labute approximate surface area is 117 Å². The molecular weight excluding hydrogens is 276 g/mol. The molecule has 102 valence electrons. The predicted octanol–water partition coefficient (Wildman–Crippen LogP) is 4.28. The highest BCUT2D eigenvalue weighted by Gasteiger charge is 2.19. The average molecular weight is 294 g/mol. The van der Waals surface area contributed by atoms with E-state index in [1.54, 1.807) is 23.7 Å². The van der Waals surface area contributed by atoms with Crippen molar-refractivity contribution in [2.24, 2.45) is 0 Å². The van der Waals surface area contributed by atoms with Crippen molar-refractivity contribution in [2.45, 2.75) is 25.3 Å². The van der Waals surface area contributed by atoms with Crippen LogP contribution < -0.4 is 4.90 Å². The van der Waals surface area contributed by atoms with Gasteiger partial charge >= 0.3 is 0 Å². The number of benzene rings is 1. The predicted molar refractivity (Wildman–Crippen MR) is 76.8 cm³/mol. The van der Waals surface area contributed by atoms with Gasteiger partial charge in [-0.25, -0.2) is 8.78 Å². The lowest BCUT2D eigenvalue weighted by Crippen LogP contribution is -2.31. The van der Waals surface area contributed by atoms with Crippen LogP contribution in [0.1, 0.15) is 18.9 Å². The third kappa shape index (κ3) is 3.75. The van der Waals surface area contributed by atoms with Crippen LogP contribution in [0.2, 0.25) is 0 Å². The average Bonchev–Trinajstić information content (AvgIpc) is 2.34. The molecule has 0 saturated heterocycles. The Morgan fingerprint density at radius 3 is 2.33 bits per heavy atom. The van der Waals surface area contributed by atoms with E-state index in [0.29, 0.717) is 5.56 Å². The van der Waals surface area contributed by atoms with E-state index in [-0.39, 0.29) is 17.6 Å². The first-order chi connectivity index (χ1) is 8.51. The molecule has 0 amide bonds. The minimum atomic E-state index is -0.552. The lowest BCUT2D eigenvalue weighted by molar-refractivity contribution is 0.556. The van der Waals surface area contributed by atoms with E-state index in [2.05, 4.69) is 0 Å². The zero-order valence-electron chi connectivity index (χ0n) is 10.8. The summed E-state index contributed by atoms with van der Waals surface area (Å²) in [5.74, 6) is -0.0257. The normalized spacial score (nSPS) is 12.6. The molecule has 0 heterocycles. The van der Waals surface area contributed by atoms with Crippen molar-refractivity contribution in [1.82, 2.24) is 0 Å². The van der Waals surface area contributed by atoms with E-state index in [4.69, 9.17) is 11.6 Å². The van der Waals surface area contributed by atoms with Gasteiger partial charge in [0.15, 0.2) is 0 Å². The number of rotatable bonds is 6. The topological polar surface area (TPSA) is 3.24 Å². The Balaban J connectivity index is 2.94. The van der Waals surface area contributed by atoms with E-state index in [1.807, 2.05) is 13.2 Å². The van der Waals surface area contributed by atoms with E-state index in [0.717, 1.165) is 12.2 Å². The molecule has 0 radical (unpaired) electrons. The minimum absolute atomic E-state index is 0.0254. The molecule has 1 nitrogen and oxygen atoms in total. The van der Waals surface area contributed by atoms with E-state index < -0.39 is 11.6 Å². The van der Waals surface area contributed by atoms with Crippen LogP contribution in [0.3, 0.4) is 0 Å². The van der Waals surface area contributed by atoms with Crippen molar-refractivity contribution in [3.8, 4) is 0 Å². The van der Waals surface area contributed by atoms with Gasteiger partial charge in [0.2, 0.25) is 0 Å². The molecule has 0 aliphatic heterocycles. The summed E-state index contributed by atoms with van der Waals surface area (Å²) < 4.78 is 27.8. The van der Waals surface area contributed by atoms with Crippen LogP contribution in [-0.4, -0.2) is 25.1 Å². The van der Waals surface area contributed by atoms with Crippen LogP contribution >= 0.6 is 23.4 Å².